The second-order valence-electron chi connectivity index (χ2n) is 3.59. The molecule has 0 fully saturated rings. The number of benzene rings is 1. The number of Topliss-reactive ketones (excluding diaryl/α,β-unsaturated/α-hetero) is 1. The summed E-state index contributed by atoms with van der Waals surface area (Å²) in [4.78, 5) is 11.8. The van der Waals surface area contributed by atoms with E-state index in [1.807, 2.05) is 6.07 Å². The van der Waals surface area contributed by atoms with Gasteiger partial charge in [0.1, 0.15) is 5.82 Å². The van der Waals surface area contributed by atoms with Crippen molar-refractivity contribution in [2.45, 2.75) is 20.3 Å². The van der Waals surface area contributed by atoms with Gasteiger partial charge in [0.05, 0.1) is 6.07 Å². The van der Waals surface area contributed by atoms with Gasteiger partial charge in [-0.05, 0) is 24.6 Å². The first-order chi connectivity index (χ1) is 7.06. The maximum atomic E-state index is 12.9. The average molecular weight is 205 g/mol. The Morgan fingerprint density at radius 1 is 1.60 bits per heavy atom. The summed E-state index contributed by atoms with van der Waals surface area (Å²) in [6, 6.07) is 6.06. The third-order valence-electron chi connectivity index (χ3n) is 2.31. The second kappa shape index (κ2) is 4.70. The van der Waals surface area contributed by atoms with E-state index >= 15 is 0 Å². The van der Waals surface area contributed by atoms with Gasteiger partial charge in [0.15, 0.2) is 5.78 Å². The zero-order valence-electron chi connectivity index (χ0n) is 8.75. The Morgan fingerprint density at radius 3 is 2.87 bits per heavy atom. The SMILES string of the molecule is Cc1ccc(F)cc1C(=O)C(C)CC#N. The number of carbonyl (C=O) groups excluding carboxylic acids is 1. The molecule has 0 amide bonds. The molecule has 1 rings (SSSR count). The van der Waals surface area contributed by atoms with Crippen LogP contribution in [-0.2, 0) is 0 Å². The van der Waals surface area contributed by atoms with Gasteiger partial charge in [-0.1, -0.05) is 13.0 Å². The summed E-state index contributed by atoms with van der Waals surface area (Å²) in [7, 11) is 0. The fourth-order valence-corrected chi connectivity index (χ4v) is 1.35. The highest BCUT2D eigenvalue weighted by Gasteiger charge is 2.17. The molecule has 0 spiro atoms. The zero-order valence-corrected chi connectivity index (χ0v) is 8.75. The van der Waals surface area contributed by atoms with E-state index in [2.05, 4.69) is 0 Å². The number of halogens is 1. The van der Waals surface area contributed by atoms with Gasteiger partial charge in [0, 0.05) is 17.9 Å². The van der Waals surface area contributed by atoms with Crippen molar-refractivity contribution >= 4 is 5.78 Å². The molecular formula is C12H12FNO. The van der Waals surface area contributed by atoms with Gasteiger partial charge >= 0.3 is 0 Å². The Balaban J connectivity index is 3.01. The lowest BCUT2D eigenvalue weighted by molar-refractivity contribution is 0.0931. The fraction of sp³-hybridized carbons (Fsp3) is 0.333. The topological polar surface area (TPSA) is 40.9 Å². The van der Waals surface area contributed by atoms with Crippen LogP contribution in [0.3, 0.4) is 0 Å². The molecule has 3 heteroatoms. The lowest BCUT2D eigenvalue weighted by atomic mass is 9.94. The minimum Gasteiger partial charge on any atom is -0.294 e. The molecular weight excluding hydrogens is 193 g/mol. The largest absolute Gasteiger partial charge is 0.294 e. The molecule has 0 aliphatic rings. The lowest BCUT2D eigenvalue weighted by Gasteiger charge is -2.08. The van der Waals surface area contributed by atoms with E-state index in [1.165, 1.54) is 12.1 Å². The van der Waals surface area contributed by atoms with Crippen molar-refractivity contribution in [2.24, 2.45) is 5.92 Å². The smallest absolute Gasteiger partial charge is 0.167 e. The quantitative estimate of drug-likeness (QED) is 0.712. The summed E-state index contributed by atoms with van der Waals surface area (Å²) in [5.74, 6) is -0.975. The van der Waals surface area contributed by atoms with Crippen LogP contribution in [0.1, 0.15) is 29.3 Å². The van der Waals surface area contributed by atoms with Crippen molar-refractivity contribution in [3.63, 3.8) is 0 Å². The van der Waals surface area contributed by atoms with Crippen molar-refractivity contribution in [1.82, 2.24) is 0 Å². The molecule has 0 N–H and O–H groups in total. The lowest BCUT2D eigenvalue weighted by Crippen LogP contribution is -2.12. The average Bonchev–Trinajstić information content (AvgIpc) is 2.21. The molecule has 1 aromatic carbocycles. The molecule has 15 heavy (non-hydrogen) atoms. The first-order valence-corrected chi connectivity index (χ1v) is 4.73. The molecule has 0 bridgehead atoms. The number of nitriles is 1. The molecule has 1 atom stereocenters. The Labute approximate surface area is 88.3 Å². The molecule has 78 valence electrons. The number of aryl methyl sites for hydroxylation is 1. The molecule has 0 aliphatic carbocycles. The van der Waals surface area contributed by atoms with Gasteiger partial charge in [-0.25, -0.2) is 4.39 Å². The molecule has 1 aromatic rings. The molecule has 1 unspecified atom stereocenters. The Morgan fingerprint density at radius 2 is 2.27 bits per heavy atom. The van der Waals surface area contributed by atoms with Gasteiger partial charge in [-0.2, -0.15) is 5.26 Å². The highest BCUT2D eigenvalue weighted by atomic mass is 19.1. The van der Waals surface area contributed by atoms with Gasteiger partial charge in [0.25, 0.3) is 0 Å². The third-order valence-corrected chi connectivity index (χ3v) is 2.31. The van der Waals surface area contributed by atoms with E-state index in [-0.39, 0.29) is 18.1 Å². The molecule has 0 aliphatic heterocycles. The number of hydrogen-bond acceptors (Lipinski definition) is 2. The third kappa shape index (κ3) is 2.63. The van der Waals surface area contributed by atoms with Crippen LogP contribution in [0.25, 0.3) is 0 Å². The van der Waals surface area contributed by atoms with E-state index in [0.29, 0.717) is 5.56 Å². The standard InChI is InChI=1S/C12H12FNO/c1-8-3-4-10(13)7-11(8)12(15)9(2)5-6-14/h3-4,7,9H,5H2,1-2H3. The first kappa shape index (κ1) is 11.4. The minimum atomic E-state index is -0.423. The Kier molecular flexibility index (Phi) is 3.56. The normalized spacial score (nSPS) is 11.9. The first-order valence-electron chi connectivity index (χ1n) is 4.73. The van der Waals surface area contributed by atoms with Crippen molar-refractivity contribution in [3.8, 4) is 6.07 Å². The fourth-order valence-electron chi connectivity index (χ4n) is 1.35. The van der Waals surface area contributed by atoms with Crippen LogP contribution in [0.2, 0.25) is 0 Å². The van der Waals surface area contributed by atoms with Crippen molar-refractivity contribution in [2.75, 3.05) is 0 Å². The number of carbonyl (C=O) groups is 1. The highest BCUT2D eigenvalue weighted by Crippen LogP contribution is 2.16. The van der Waals surface area contributed by atoms with Gasteiger partial charge in [0.2, 0.25) is 0 Å². The monoisotopic (exact) mass is 205 g/mol. The number of ketones is 1. The summed E-state index contributed by atoms with van der Waals surface area (Å²) in [6.07, 6.45) is 0.161. The molecule has 0 saturated carbocycles. The van der Waals surface area contributed by atoms with Gasteiger partial charge in [-0.3, -0.25) is 4.79 Å². The van der Waals surface area contributed by atoms with Crippen LogP contribution in [0, 0.1) is 30.0 Å². The number of nitrogens with zero attached hydrogens (tertiary/aromatic N) is 1. The van der Waals surface area contributed by atoms with Crippen molar-refractivity contribution in [1.29, 1.82) is 5.26 Å². The molecule has 0 radical (unpaired) electrons. The zero-order chi connectivity index (χ0) is 11.4. The molecule has 0 heterocycles. The summed E-state index contributed by atoms with van der Waals surface area (Å²) < 4.78 is 12.9. The van der Waals surface area contributed by atoms with E-state index < -0.39 is 5.82 Å². The number of rotatable bonds is 3. The van der Waals surface area contributed by atoms with Gasteiger partial charge < -0.3 is 0 Å². The van der Waals surface area contributed by atoms with Crippen LogP contribution in [0.4, 0.5) is 4.39 Å². The summed E-state index contributed by atoms with van der Waals surface area (Å²) >= 11 is 0. The predicted molar refractivity (Wildman–Crippen MR) is 54.9 cm³/mol. The van der Waals surface area contributed by atoms with Crippen LogP contribution in [-0.4, -0.2) is 5.78 Å². The molecule has 0 aromatic heterocycles. The van der Waals surface area contributed by atoms with Crippen LogP contribution in [0.5, 0.6) is 0 Å². The van der Waals surface area contributed by atoms with Crippen LogP contribution < -0.4 is 0 Å². The highest BCUT2D eigenvalue weighted by molar-refractivity contribution is 5.99. The van der Waals surface area contributed by atoms with Crippen molar-refractivity contribution in [3.05, 3.63) is 35.1 Å². The summed E-state index contributed by atoms with van der Waals surface area (Å²) in [5, 5.41) is 8.48. The van der Waals surface area contributed by atoms with E-state index in [4.69, 9.17) is 5.26 Å². The maximum absolute atomic E-state index is 12.9. The van der Waals surface area contributed by atoms with Gasteiger partial charge in [-0.15, -0.1) is 0 Å². The van der Waals surface area contributed by atoms with E-state index in [0.717, 1.165) is 5.56 Å². The number of hydrogen-bond donors (Lipinski definition) is 0. The Hall–Kier alpha value is -1.69. The Bertz CT molecular complexity index is 420. The van der Waals surface area contributed by atoms with Crippen molar-refractivity contribution < 1.29 is 9.18 Å². The van der Waals surface area contributed by atoms with Crippen LogP contribution in [0.15, 0.2) is 18.2 Å². The second-order valence-corrected chi connectivity index (χ2v) is 3.59. The molecule has 0 saturated heterocycles. The predicted octanol–water partition coefficient (Wildman–Crippen LogP) is 2.87. The summed E-state index contributed by atoms with van der Waals surface area (Å²) in [6.45, 7) is 3.43. The minimum absolute atomic E-state index is 0.161. The maximum Gasteiger partial charge on any atom is 0.167 e. The summed E-state index contributed by atoms with van der Waals surface area (Å²) in [5.41, 5.74) is 1.11. The van der Waals surface area contributed by atoms with E-state index in [1.54, 1.807) is 19.9 Å². The van der Waals surface area contributed by atoms with E-state index in [9.17, 15) is 9.18 Å². The molecule has 2 nitrogen and oxygen atoms in total. The van der Waals surface area contributed by atoms with Crippen LogP contribution >= 0.6 is 0 Å².